The van der Waals surface area contributed by atoms with Crippen molar-refractivity contribution in [1.29, 1.82) is 0 Å². The van der Waals surface area contributed by atoms with E-state index in [9.17, 15) is 4.79 Å². The number of amides is 1. The third-order valence-corrected chi connectivity index (χ3v) is 2.92. The van der Waals surface area contributed by atoms with Crippen molar-refractivity contribution in [2.24, 2.45) is 5.73 Å². The minimum Gasteiger partial charge on any atom is -0.348 e. The van der Waals surface area contributed by atoms with Crippen LogP contribution in [0.15, 0.2) is 24.3 Å². The first-order chi connectivity index (χ1) is 8.04. The summed E-state index contributed by atoms with van der Waals surface area (Å²) in [6.45, 7) is 3.94. The first kappa shape index (κ1) is 14.0. The van der Waals surface area contributed by atoms with E-state index in [4.69, 9.17) is 17.3 Å². The summed E-state index contributed by atoms with van der Waals surface area (Å²) >= 11 is 5.81. The van der Waals surface area contributed by atoms with Gasteiger partial charge >= 0.3 is 0 Å². The number of nitrogens with one attached hydrogen (secondary N) is 1. The van der Waals surface area contributed by atoms with Crippen molar-refractivity contribution in [3.63, 3.8) is 0 Å². The Labute approximate surface area is 107 Å². The van der Waals surface area contributed by atoms with Crippen molar-refractivity contribution in [2.75, 3.05) is 0 Å². The van der Waals surface area contributed by atoms with E-state index in [2.05, 4.69) is 5.32 Å². The van der Waals surface area contributed by atoms with Crippen molar-refractivity contribution in [3.8, 4) is 0 Å². The van der Waals surface area contributed by atoms with Crippen LogP contribution in [-0.2, 0) is 4.79 Å². The van der Waals surface area contributed by atoms with Crippen molar-refractivity contribution in [3.05, 3.63) is 34.9 Å². The van der Waals surface area contributed by atoms with E-state index in [1.165, 1.54) is 0 Å². The molecule has 94 valence electrons. The summed E-state index contributed by atoms with van der Waals surface area (Å²) in [5.41, 5.74) is 6.76. The lowest BCUT2D eigenvalue weighted by molar-refractivity contribution is -0.123. The van der Waals surface area contributed by atoms with Crippen LogP contribution in [0.1, 0.15) is 38.3 Å². The van der Waals surface area contributed by atoms with Gasteiger partial charge in [-0.2, -0.15) is 0 Å². The predicted octanol–water partition coefficient (Wildman–Crippen LogP) is 2.64. The molecule has 0 aromatic heterocycles. The summed E-state index contributed by atoms with van der Waals surface area (Å²) in [4.78, 5) is 11.7. The zero-order chi connectivity index (χ0) is 12.8. The van der Waals surface area contributed by atoms with E-state index >= 15 is 0 Å². The van der Waals surface area contributed by atoms with E-state index in [1.54, 1.807) is 0 Å². The molecule has 1 amide bonds. The molecule has 0 spiro atoms. The molecule has 1 rings (SSSR count). The van der Waals surface area contributed by atoms with Crippen molar-refractivity contribution in [2.45, 2.75) is 38.8 Å². The van der Waals surface area contributed by atoms with Gasteiger partial charge in [0.1, 0.15) is 0 Å². The van der Waals surface area contributed by atoms with Crippen molar-refractivity contribution in [1.82, 2.24) is 5.32 Å². The molecule has 0 fully saturated rings. The van der Waals surface area contributed by atoms with Gasteiger partial charge in [0.25, 0.3) is 0 Å². The van der Waals surface area contributed by atoms with Crippen LogP contribution < -0.4 is 11.1 Å². The number of benzene rings is 1. The summed E-state index contributed by atoms with van der Waals surface area (Å²) in [5, 5.41) is 3.58. The smallest absolute Gasteiger partial charge is 0.237 e. The van der Waals surface area contributed by atoms with Crippen LogP contribution in [-0.4, -0.2) is 11.9 Å². The molecule has 1 unspecified atom stereocenters. The zero-order valence-corrected chi connectivity index (χ0v) is 11.0. The Morgan fingerprint density at radius 2 is 2.00 bits per heavy atom. The van der Waals surface area contributed by atoms with Crippen LogP contribution in [0, 0.1) is 0 Å². The Balaban J connectivity index is 2.57. The second-order valence-electron chi connectivity index (χ2n) is 4.18. The highest BCUT2D eigenvalue weighted by Crippen LogP contribution is 2.16. The Bertz CT molecular complexity index is 364. The van der Waals surface area contributed by atoms with Gasteiger partial charge in [-0.25, -0.2) is 0 Å². The topological polar surface area (TPSA) is 55.1 Å². The van der Waals surface area contributed by atoms with Gasteiger partial charge in [-0.05, 0) is 31.0 Å². The van der Waals surface area contributed by atoms with Crippen LogP contribution in [0.3, 0.4) is 0 Å². The van der Waals surface area contributed by atoms with Crippen LogP contribution in [0.2, 0.25) is 5.02 Å². The van der Waals surface area contributed by atoms with Crippen molar-refractivity contribution < 1.29 is 4.79 Å². The lowest BCUT2D eigenvalue weighted by Gasteiger charge is -2.17. The Morgan fingerprint density at radius 3 is 2.53 bits per heavy atom. The van der Waals surface area contributed by atoms with Gasteiger partial charge < -0.3 is 11.1 Å². The zero-order valence-electron chi connectivity index (χ0n) is 10.2. The minimum atomic E-state index is -0.422. The first-order valence-electron chi connectivity index (χ1n) is 5.86. The maximum Gasteiger partial charge on any atom is 0.237 e. The molecule has 0 aliphatic heterocycles. The predicted molar refractivity (Wildman–Crippen MR) is 70.9 cm³/mol. The summed E-state index contributed by atoms with van der Waals surface area (Å²) in [6, 6.07) is 6.95. The molecule has 3 N–H and O–H groups in total. The molecule has 3 nitrogen and oxygen atoms in total. The van der Waals surface area contributed by atoms with Gasteiger partial charge in [0, 0.05) is 5.02 Å². The number of halogens is 1. The molecule has 1 aromatic carbocycles. The van der Waals surface area contributed by atoms with Gasteiger partial charge in [-0.3, -0.25) is 4.79 Å². The molecule has 4 heteroatoms. The van der Waals surface area contributed by atoms with Gasteiger partial charge in [-0.1, -0.05) is 37.1 Å². The fourth-order valence-electron chi connectivity index (χ4n) is 1.60. The lowest BCUT2D eigenvalue weighted by atomic mass is 10.1. The quantitative estimate of drug-likeness (QED) is 0.849. The molecule has 0 aliphatic carbocycles. The van der Waals surface area contributed by atoms with E-state index in [0.29, 0.717) is 11.4 Å². The highest BCUT2D eigenvalue weighted by Gasteiger charge is 2.15. The fourth-order valence-corrected chi connectivity index (χ4v) is 1.72. The number of hydrogen-bond acceptors (Lipinski definition) is 2. The van der Waals surface area contributed by atoms with E-state index in [-0.39, 0.29) is 11.9 Å². The van der Waals surface area contributed by atoms with Crippen LogP contribution in [0.5, 0.6) is 0 Å². The molecule has 0 saturated carbocycles. The molecular formula is C13H19ClN2O. The van der Waals surface area contributed by atoms with Crippen molar-refractivity contribution >= 4 is 17.5 Å². The number of rotatable bonds is 5. The standard InChI is InChI=1S/C13H19ClN2O/c1-3-4-12(15)13(17)16-9(2)10-5-7-11(14)8-6-10/h5-9,12H,3-4,15H2,1-2H3,(H,16,17)/t9-,12?/m1/s1. The molecule has 1 aromatic rings. The number of carbonyl (C=O) groups is 1. The van der Waals surface area contributed by atoms with E-state index in [1.807, 2.05) is 38.1 Å². The SMILES string of the molecule is CCCC(N)C(=O)N[C@H](C)c1ccc(Cl)cc1. The Hall–Kier alpha value is -1.06. The molecule has 17 heavy (non-hydrogen) atoms. The number of nitrogens with two attached hydrogens (primary N) is 1. The molecule has 2 atom stereocenters. The maximum absolute atomic E-state index is 11.7. The Morgan fingerprint density at radius 1 is 1.41 bits per heavy atom. The van der Waals surface area contributed by atoms with E-state index in [0.717, 1.165) is 12.0 Å². The first-order valence-corrected chi connectivity index (χ1v) is 6.23. The average molecular weight is 255 g/mol. The van der Waals surface area contributed by atoms with Crippen LogP contribution >= 0.6 is 11.6 Å². The third-order valence-electron chi connectivity index (χ3n) is 2.67. The van der Waals surface area contributed by atoms with Gasteiger partial charge in [0.05, 0.1) is 12.1 Å². The van der Waals surface area contributed by atoms with Crippen LogP contribution in [0.4, 0.5) is 0 Å². The molecule has 0 bridgehead atoms. The third kappa shape index (κ3) is 4.36. The molecule has 0 aliphatic rings. The second-order valence-corrected chi connectivity index (χ2v) is 4.61. The average Bonchev–Trinajstić information content (AvgIpc) is 2.30. The normalized spacial score (nSPS) is 14.1. The number of hydrogen-bond donors (Lipinski definition) is 2. The monoisotopic (exact) mass is 254 g/mol. The second kappa shape index (κ2) is 6.62. The Kier molecular flexibility index (Phi) is 5.45. The molecule has 0 heterocycles. The van der Waals surface area contributed by atoms with Crippen LogP contribution in [0.25, 0.3) is 0 Å². The molecule has 0 saturated heterocycles. The van der Waals surface area contributed by atoms with Gasteiger partial charge in [0.2, 0.25) is 5.91 Å². The number of carbonyl (C=O) groups excluding carboxylic acids is 1. The highest BCUT2D eigenvalue weighted by atomic mass is 35.5. The largest absolute Gasteiger partial charge is 0.348 e. The van der Waals surface area contributed by atoms with Gasteiger partial charge in [-0.15, -0.1) is 0 Å². The van der Waals surface area contributed by atoms with E-state index < -0.39 is 6.04 Å². The summed E-state index contributed by atoms with van der Waals surface area (Å²) in [7, 11) is 0. The maximum atomic E-state index is 11.7. The fraction of sp³-hybridized carbons (Fsp3) is 0.462. The molecular weight excluding hydrogens is 236 g/mol. The molecule has 0 radical (unpaired) electrons. The van der Waals surface area contributed by atoms with Gasteiger partial charge in [0.15, 0.2) is 0 Å². The lowest BCUT2D eigenvalue weighted by Crippen LogP contribution is -2.41. The minimum absolute atomic E-state index is 0.0531. The summed E-state index contributed by atoms with van der Waals surface area (Å²) in [5.74, 6) is -0.102. The summed E-state index contributed by atoms with van der Waals surface area (Å²) in [6.07, 6.45) is 1.61. The summed E-state index contributed by atoms with van der Waals surface area (Å²) < 4.78 is 0. The highest BCUT2D eigenvalue weighted by molar-refractivity contribution is 6.30.